The van der Waals surface area contributed by atoms with Crippen LogP contribution in [0.15, 0.2) is 47.0 Å². The van der Waals surface area contributed by atoms with Gasteiger partial charge in [0.2, 0.25) is 5.82 Å². The third kappa shape index (κ3) is 3.37. The van der Waals surface area contributed by atoms with Crippen molar-refractivity contribution in [3.05, 3.63) is 64.6 Å². The van der Waals surface area contributed by atoms with Crippen molar-refractivity contribution < 1.29 is 14.1 Å². The van der Waals surface area contributed by atoms with Gasteiger partial charge in [-0.1, -0.05) is 35.0 Å². The van der Waals surface area contributed by atoms with E-state index < -0.39 is 0 Å². The van der Waals surface area contributed by atoms with Crippen LogP contribution in [0.5, 0.6) is 5.75 Å². The number of para-hydroxylation sites is 1. The first-order valence-corrected chi connectivity index (χ1v) is 9.62. The highest BCUT2D eigenvalue weighted by molar-refractivity contribution is 6.32. The van der Waals surface area contributed by atoms with Gasteiger partial charge in [-0.15, -0.1) is 0 Å². The summed E-state index contributed by atoms with van der Waals surface area (Å²) in [7, 11) is 1.53. The van der Waals surface area contributed by atoms with Crippen LogP contribution >= 0.6 is 11.6 Å². The van der Waals surface area contributed by atoms with Crippen molar-refractivity contribution in [2.24, 2.45) is 0 Å². The fraction of sp³-hybridized carbons (Fsp3) is 0.182. The molecule has 0 unspecified atom stereocenters. The second kappa shape index (κ2) is 7.76. The summed E-state index contributed by atoms with van der Waals surface area (Å²) in [5.74, 6) is 1.82. The summed E-state index contributed by atoms with van der Waals surface area (Å²) in [5.41, 5.74) is 3.40. The van der Waals surface area contributed by atoms with Crippen LogP contribution in [0, 0.1) is 13.8 Å². The summed E-state index contributed by atoms with van der Waals surface area (Å²) in [4.78, 5) is 20.8. The van der Waals surface area contributed by atoms with Gasteiger partial charge in [0.05, 0.1) is 29.1 Å². The molecule has 2 aromatic carbocycles. The average Bonchev–Trinajstić information content (AvgIpc) is 3.32. The number of carbonyl (C=O) groups excluding carboxylic acids is 1. The molecule has 0 saturated carbocycles. The van der Waals surface area contributed by atoms with E-state index in [4.69, 9.17) is 20.9 Å². The molecule has 2 aromatic heterocycles. The Hall–Kier alpha value is -3.45. The van der Waals surface area contributed by atoms with Crippen LogP contribution in [0.25, 0.3) is 28.7 Å². The molecule has 152 valence electrons. The molecule has 0 aliphatic heterocycles. The maximum absolute atomic E-state index is 11.6. The molecule has 0 amide bonds. The zero-order valence-electron chi connectivity index (χ0n) is 16.9. The minimum atomic E-state index is -0.0511. The summed E-state index contributed by atoms with van der Waals surface area (Å²) >= 11 is 6.37. The third-order valence-corrected chi connectivity index (χ3v) is 5.17. The maximum atomic E-state index is 11.6. The molecule has 8 heteroatoms. The largest absolute Gasteiger partial charge is 0.496 e. The van der Waals surface area contributed by atoms with Crippen molar-refractivity contribution in [2.45, 2.75) is 20.8 Å². The Balaban J connectivity index is 1.77. The summed E-state index contributed by atoms with van der Waals surface area (Å²) in [5, 5.41) is 4.71. The molecule has 0 fully saturated rings. The van der Waals surface area contributed by atoms with E-state index in [2.05, 4.69) is 15.1 Å². The van der Waals surface area contributed by atoms with Gasteiger partial charge in [0.1, 0.15) is 17.3 Å². The first-order valence-electron chi connectivity index (χ1n) is 9.25. The first kappa shape index (κ1) is 19.8. The molecule has 0 saturated heterocycles. The fourth-order valence-electron chi connectivity index (χ4n) is 3.36. The van der Waals surface area contributed by atoms with Crippen LogP contribution in [0.4, 0.5) is 0 Å². The van der Waals surface area contributed by atoms with E-state index >= 15 is 0 Å². The van der Waals surface area contributed by atoms with Crippen molar-refractivity contribution in [1.82, 2.24) is 19.7 Å². The first-order chi connectivity index (χ1) is 14.4. The predicted octanol–water partition coefficient (Wildman–Crippen LogP) is 5.07. The monoisotopic (exact) mass is 422 g/mol. The van der Waals surface area contributed by atoms with E-state index in [0.717, 1.165) is 17.2 Å². The number of rotatable bonds is 5. The molecular weight excluding hydrogens is 404 g/mol. The Bertz CT molecular complexity index is 1260. The van der Waals surface area contributed by atoms with E-state index in [1.54, 1.807) is 18.2 Å². The van der Waals surface area contributed by atoms with E-state index in [1.807, 2.05) is 42.7 Å². The highest BCUT2D eigenvalue weighted by Crippen LogP contribution is 2.33. The molecular formula is C22H19ClN4O3. The molecule has 0 radical (unpaired) electrons. The van der Waals surface area contributed by atoms with Gasteiger partial charge in [-0.2, -0.15) is 4.98 Å². The quantitative estimate of drug-likeness (QED) is 0.417. The summed E-state index contributed by atoms with van der Waals surface area (Å²) in [6.45, 7) is 5.31. The lowest BCUT2D eigenvalue weighted by Gasteiger charge is -2.09. The number of hydrogen-bond acceptors (Lipinski definition) is 6. The lowest BCUT2D eigenvalue weighted by Crippen LogP contribution is -2.00. The molecule has 0 atom stereocenters. The predicted molar refractivity (Wildman–Crippen MR) is 113 cm³/mol. The van der Waals surface area contributed by atoms with Crippen molar-refractivity contribution in [2.75, 3.05) is 7.11 Å². The number of aromatic nitrogens is 4. The molecule has 0 N–H and O–H groups in total. The van der Waals surface area contributed by atoms with E-state index in [0.29, 0.717) is 33.4 Å². The van der Waals surface area contributed by atoms with Crippen LogP contribution < -0.4 is 4.74 Å². The number of carbonyl (C=O) groups is 1. The number of nitrogens with zero attached hydrogens (tertiary/aromatic N) is 4. The third-order valence-electron chi connectivity index (χ3n) is 4.85. The molecule has 0 bridgehead atoms. The van der Waals surface area contributed by atoms with Crippen molar-refractivity contribution in [1.29, 1.82) is 0 Å². The van der Waals surface area contributed by atoms with E-state index in [9.17, 15) is 4.79 Å². The summed E-state index contributed by atoms with van der Waals surface area (Å²) in [6, 6.07) is 12.7. The topological polar surface area (TPSA) is 83.0 Å². The average molecular weight is 423 g/mol. The second-order valence-electron chi connectivity index (χ2n) is 6.77. The lowest BCUT2D eigenvalue weighted by molar-refractivity contribution is 0.101. The number of ether oxygens (including phenoxy) is 1. The van der Waals surface area contributed by atoms with Crippen LogP contribution in [0.2, 0.25) is 5.02 Å². The Kier molecular flexibility index (Phi) is 5.13. The molecule has 4 aromatic rings. The van der Waals surface area contributed by atoms with Crippen LogP contribution in [-0.2, 0) is 0 Å². The maximum Gasteiger partial charge on any atom is 0.278 e. The van der Waals surface area contributed by atoms with Gasteiger partial charge in [-0.25, -0.2) is 4.98 Å². The Morgan fingerprint density at radius 2 is 1.90 bits per heavy atom. The summed E-state index contributed by atoms with van der Waals surface area (Å²) in [6.07, 6.45) is 0. The smallest absolute Gasteiger partial charge is 0.278 e. The van der Waals surface area contributed by atoms with Gasteiger partial charge in [-0.05, 0) is 45.0 Å². The highest BCUT2D eigenvalue weighted by atomic mass is 35.5. The van der Waals surface area contributed by atoms with E-state index in [-0.39, 0.29) is 11.7 Å². The minimum Gasteiger partial charge on any atom is -0.496 e. The van der Waals surface area contributed by atoms with Crippen LogP contribution in [0.3, 0.4) is 0 Å². The zero-order chi connectivity index (χ0) is 21.4. The number of methoxy groups -OCH3 is 1. The number of ketones is 1. The van der Waals surface area contributed by atoms with Gasteiger partial charge < -0.3 is 9.26 Å². The van der Waals surface area contributed by atoms with Gasteiger partial charge in [0, 0.05) is 5.56 Å². The van der Waals surface area contributed by atoms with Gasteiger partial charge in [0.25, 0.3) is 5.89 Å². The van der Waals surface area contributed by atoms with E-state index in [1.165, 1.54) is 14.0 Å². The number of aryl methyl sites for hydroxylation is 1. The van der Waals surface area contributed by atoms with Gasteiger partial charge >= 0.3 is 0 Å². The van der Waals surface area contributed by atoms with Crippen molar-refractivity contribution in [3.8, 4) is 34.4 Å². The number of imidazole rings is 1. The van der Waals surface area contributed by atoms with Gasteiger partial charge in [0.15, 0.2) is 5.78 Å². The molecule has 0 aliphatic rings. The SMILES string of the molecule is COc1cc(C(C)=O)ccc1-c1noc(-c2nc(C)n(-c3ccccc3Cl)c2C)n1. The number of benzene rings is 2. The van der Waals surface area contributed by atoms with Crippen molar-refractivity contribution in [3.63, 3.8) is 0 Å². The molecule has 4 rings (SSSR count). The number of hydrogen-bond donors (Lipinski definition) is 0. The minimum absolute atomic E-state index is 0.0511. The zero-order valence-corrected chi connectivity index (χ0v) is 17.7. The van der Waals surface area contributed by atoms with Crippen LogP contribution in [-0.4, -0.2) is 32.6 Å². The molecule has 30 heavy (non-hydrogen) atoms. The lowest BCUT2D eigenvalue weighted by atomic mass is 10.1. The number of halogens is 1. The standard InChI is InChI=1S/C22H19ClN4O3/c1-12-20(24-14(3)27(12)18-8-6-5-7-17(18)23)22-25-21(26-30-22)16-10-9-15(13(2)28)11-19(16)29-4/h5-11H,1-4H3. The van der Waals surface area contributed by atoms with Crippen molar-refractivity contribution >= 4 is 17.4 Å². The Labute approximate surface area is 178 Å². The molecule has 7 nitrogen and oxygen atoms in total. The second-order valence-corrected chi connectivity index (χ2v) is 7.18. The fourth-order valence-corrected chi connectivity index (χ4v) is 3.58. The van der Waals surface area contributed by atoms with Crippen LogP contribution in [0.1, 0.15) is 28.8 Å². The molecule has 2 heterocycles. The highest BCUT2D eigenvalue weighted by Gasteiger charge is 2.22. The van der Waals surface area contributed by atoms with Gasteiger partial charge in [-0.3, -0.25) is 9.36 Å². The Morgan fingerprint density at radius 1 is 1.13 bits per heavy atom. The molecule has 0 spiro atoms. The normalized spacial score (nSPS) is 11.0. The summed E-state index contributed by atoms with van der Waals surface area (Å²) < 4.78 is 12.9. The number of Topliss-reactive ketones (excluding diaryl/α,β-unsaturated/α-hetero) is 1. The molecule has 0 aliphatic carbocycles. The Morgan fingerprint density at radius 3 is 2.60 bits per heavy atom.